The van der Waals surface area contributed by atoms with Crippen LogP contribution in [0.25, 0.3) is 0 Å². The van der Waals surface area contributed by atoms with Gasteiger partial charge in [-0.05, 0) is 0 Å². The van der Waals surface area contributed by atoms with Crippen LogP contribution in [0.3, 0.4) is 0 Å². The standard InChI is InChI=1S/FHO2S.Na.H/c1-4(2)3;;/h(H,2,3);;. The molecule has 0 aliphatic heterocycles. The van der Waals surface area contributed by atoms with Gasteiger partial charge in [-0.25, -0.2) is 0 Å². The third kappa shape index (κ3) is 43.1. The Kier molecular flexibility index (Phi) is 9.48. The molecule has 28 valence electrons. The van der Waals surface area contributed by atoms with Gasteiger partial charge in [0.25, 0.3) is 0 Å². The molecule has 0 aromatic heterocycles. The van der Waals surface area contributed by atoms with Gasteiger partial charge < -0.3 is 0 Å². The van der Waals surface area contributed by atoms with Gasteiger partial charge in [-0.1, -0.05) is 0 Å². The van der Waals surface area contributed by atoms with Gasteiger partial charge in [-0.3, -0.25) is 4.55 Å². The Hall–Kier alpha value is 1.04. The maximum absolute atomic E-state index is 10.0. The molecular formula is H2FNaO2S. The number of rotatable bonds is 0. The third-order valence-corrected chi connectivity index (χ3v) is 0. The minimum absolute atomic E-state index is 0. The van der Waals surface area contributed by atoms with Crippen molar-refractivity contribution in [3.05, 3.63) is 0 Å². The van der Waals surface area contributed by atoms with Crippen LogP contribution in [0.1, 0.15) is 0 Å². The van der Waals surface area contributed by atoms with Crippen molar-refractivity contribution in [2.75, 3.05) is 0 Å². The predicted octanol–water partition coefficient (Wildman–Crippen LogP) is -0.556. The van der Waals surface area contributed by atoms with Crippen LogP contribution in [0.15, 0.2) is 0 Å². The molecule has 5 heavy (non-hydrogen) atoms. The first-order chi connectivity index (χ1) is 1.73. The first-order valence-electron chi connectivity index (χ1n) is 0.504. The van der Waals surface area contributed by atoms with Crippen LogP contribution in [-0.4, -0.2) is 38.3 Å². The Bertz CT molecular complexity index is 32.6. The molecule has 0 aromatic rings. The second-order valence-electron chi connectivity index (χ2n) is 0.207. The summed E-state index contributed by atoms with van der Waals surface area (Å²) in [5, 5.41) is 0. The summed E-state index contributed by atoms with van der Waals surface area (Å²) < 4.78 is 25.3. The topological polar surface area (TPSA) is 37.3 Å². The number of hydrogen-bond acceptors (Lipinski definition) is 1. The number of hydrogen-bond donors (Lipinski definition) is 1. The molecule has 0 saturated carbocycles. The van der Waals surface area contributed by atoms with E-state index in [1.807, 2.05) is 0 Å². The Labute approximate surface area is 53.6 Å². The van der Waals surface area contributed by atoms with Crippen LogP contribution in [0.2, 0.25) is 0 Å². The summed E-state index contributed by atoms with van der Waals surface area (Å²) in [7, 11) is 0. The van der Waals surface area contributed by atoms with Crippen molar-refractivity contribution in [1.29, 1.82) is 0 Å². The fourth-order valence-corrected chi connectivity index (χ4v) is 0. The fourth-order valence-electron chi connectivity index (χ4n) is 0. The van der Waals surface area contributed by atoms with Crippen molar-refractivity contribution in [3.63, 3.8) is 0 Å². The van der Waals surface area contributed by atoms with E-state index in [0.717, 1.165) is 0 Å². The van der Waals surface area contributed by atoms with Gasteiger partial charge in [0.2, 0.25) is 0 Å². The summed E-state index contributed by atoms with van der Waals surface area (Å²) in [4.78, 5) is 0. The molecule has 2 nitrogen and oxygen atoms in total. The average molecular weight is 108 g/mol. The first-order valence-corrected chi connectivity index (χ1v) is 1.51. The van der Waals surface area contributed by atoms with Gasteiger partial charge in [0.05, 0.1) is 0 Å². The van der Waals surface area contributed by atoms with Crippen molar-refractivity contribution in [2.24, 2.45) is 0 Å². The van der Waals surface area contributed by atoms with E-state index in [-0.39, 0.29) is 29.6 Å². The predicted molar refractivity (Wildman–Crippen MR) is 19.0 cm³/mol. The van der Waals surface area contributed by atoms with Crippen molar-refractivity contribution in [1.82, 2.24) is 0 Å². The van der Waals surface area contributed by atoms with Gasteiger partial charge in [0.1, 0.15) is 0 Å². The van der Waals surface area contributed by atoms with Crippen LogP contribution in [0.4, 0.5) is 3.89 Å². The SMILES string of the molecule is O=S(O)F.[NaH]. The molecule has 0 saturated heterocycles. The molecule has 0 fully saturated rings. The molecule has 1 N–H and O–H groups in total. The van der Waals surface area contributed by atoms with Crippen LogP contribution in [-0.2, 0) is 11.5 Å². The van der Waals surface area contributed by atoms with E-state index in [2.05, 4.69) is 0 Å². The Morgan fingerprint density at radius 2 is 1.80 bits per heavy atom. The summed E-state index contributed by atoms with van der Waals surface area (Å²) in [5.74, 6) is 0. The molecule has 5 heteroatoms. The maximum atomic E-state index is 10.0. The van der Waals surface area contributed by atoms with E-state index in [1.54, 1.807) is 0 Å². The number of halogens is 1. The molecule has 1 atom stereocenters. The third-order valence-electron chi connectivity index (χ3n) is 0. The molecule has 0 heterocycles. The van der Waals surface area contributed by atoms with Crippen LogP contribution < -0.4 is 0 Å². The van der Waals surface area contributed by atoms with Gasteiger partial charge >= 0.3 is 41.0 Å². The second-order valence-corrected chi connectivity index (χ2v) is 0.620. The molecule has 0 amide bonds. The van der Waals surface area contributed by atoms with Crippen molar-refractivity contribution in [2.45, 2.75) is 0 Å². The van der Waals surface area contributed by atoms with E-state index < -0.39 is 11.5 Å². The van der Waals surface area contributed by atoms with E-state index in [4.69, 9.17) is 8.76 Å². The summed E-state index contributed by atoms with van der Waals surface area (Å²) >= 11 is -3.11. The molecule has 0 aliphatic carbocycles. The van der Waals surface area contributed by atoms with Crippen molar-refractivity contribution in [3.8, 4) is 0 Å². The van der Waals surface area contributed by atoms with E-state index in [0.29, 0.717) is 0 Å². The quantitative estimate of drug-likeness (QED) is 0.256. The molecule has 0 bridgehead atoms. The first kappa shape index (κ1) is 9.40. The zero-order valence-electron chi connectivity index (χ0n) is 1.64. The molecule has 1 unspecified atom stereocenters. The summed E-state index contributed by atoms with van der Waals surface area (Å²) in [6.07, 6.45) is 0. The molecule has 0 spiro atoms. The summed E-state index contributed by atoms with van der Waals surface area (Å²) in [5.41, 5.74) is 0. The second kappa shape index (κ2) is 5.04. The Morgan fingerprint density at radius 1 is 1.80 bits per heavy atom. The van der Waals surface area contributed by atoms with Crippen molar-refractivity contribution >= 4 is 41.0 Å². The van der Waals surface area contributed by atoms with Crippen LogP contribution in [0.5, 0.6) is 0 Å². The zero-order chi connectivity index (χ0) is 3.58. The van der Waals surface area contributed by atoms with Crippen LogP contribution >= 0.6 is 0 Å². The Morgan fingerprint density at radius 3 is 1.80 bits per heavy atom. The monoisotopic (exact) mass is 108 g/mol. The molecular weight excluding hydrogens is 106 g/mol. The minimum atomic E-state index is -3.11. The average Bonchev–Trinajstić information content (AvgIpc) is 0.811. The fraction of sp³-hybridized carbons (Fsp3) is 0. The summed E-state index contributed by atoms with van der Waals surface area (Å²) in [6.45, 7) is 0. The van der Waals surface area contributed by atoms with Gasteiger partial charge in [0.15, 0.2) is 0 Å². The van der Waals surface area contributed by atoms with Crippen LogP contribution in [0, 0.1) is 0 Å². The van der Waals surface area contributed by atoms with Gasteiger partial charge in [-0.15, -0.1) is 3.89 Å². The van der Waals surface area contributed by atoms with E-state index >= 15 is 0 Å². The normalized spacial score (nSPS) is 12.4. The zero-order valence-corrected chi connectivity index (χ0v) is 2.46. The molecule has 0 aromatic carbocycles. The Balaban J connectivity index is 0. The molecule has 0 aliphatic rings. The summed E-state index contributed by atoms with van der Waals surface area (Å²) in [6, 6.07) is 0. The van der Waals surface area contributed by atoms with E-state index in [1.165, 1.54) is 0 Å². The van der Waals surface area contributed by atoms with Gasteiger partial charge in [0, 0.05) is 0 Å². The molecule has 0 radical (unpaired) electrons. The molecule has 0 rings (SSSR count). The van der Waals surface area contributed by atoms with Gasteiger partial charge in [-0.2, -0.15) is 4.21 Å². The van der Waals surface area contributed by atoms with Crippen molar-refractivity contribution < 1.29 is 12.6 Å². The van der Waals surface area contributed by atoms with E-state index in [9.17, 15) is 3.89 Å².